The lowest BCUT2D eigenvalue weighted by atomic mass is 10.2. The molecule has 110 valence electrons. The molecular formula is C14H12FNO3S2. The number of aliphatic hydroxyl groups excluding tert-OH is 1. The third-order valence-electron chi connectivity index (χ3n) is 2.58. The second-order valence-corrected chi connectivity index (χ2v) is 6.77. The summed E-state index contributed by atoms with van der Waals surface area (Å²) >= 11 is 1.35. The Morgan fingerprint density at radius 3 is 2.86 bits per heavy atom. The minimum absolute atomic E-state index is 0.0615. The molecule has 0 aliphatic rings. The molecule has 0 saturated carbocycles. The number of halogens is 1. The summed E-state index contributed by atoms with van der Waals surface area (Å²) in [5, 5.41) is 10.5. The van der Waals surface area contributed by atoms with E-state index in [1.807, 2.05) is 0 Å². The third kappa shape index (κ3) is 4.12. The van der Waals surface area contributed by atoms with Crippen molar-refractivity contribution in [2.45, 2.75) is 11.4 Å². The highest BCUT2D eigenvalue weighted by molar-refractivity contribution is 7.89. The minimum Gasteiger partial charge on any atom is -0.384 e. The van der Waals surface area contributed by atoms with Crippen molar-refractivity contribution in [3.8, 4) is 11.8 Å². The maximum atomic E-state index is 13.1. The highest BCUT2D eigenvalue weighted by Crippen LogP contribution is 2.17. The molecule has 0 amide bonds. The number of thiophene rings is 1. The predicted octanol–water partition coefficient (Wildman–Crippen LogP) is 1.71. The van der Waals surface area contributed by atoms with E-state index in [0.717, 1.165) is 10.9 Å². The smallest absolute Gasteiger partial charge is 0.241 e. The lowest BCUT2D eigenvalue weighted by Crippen LogP contribution is -2.23. The first kappa shape index (κ1) is 15.7. The normalized spacial score (nSPS) is 11.0. The Balaban J connectivity index is 2.14. The summed E-state index contributed by atoms with van der Waals surface area (Å²) in [6.45, 7) is -0.198. The van der Waals surface area contributed by atoms with Crippen LogP contribution in [0.1, 0.15) is 10.4 Å². The summed E-state index contributed by atoms with van der Waals surface area (Å²) in [4.78, 5) is 0.609. The van der Waals surface area contributed by atoms with Crippen LogP contribution in [0.15, 0.2) is 40.6 Å². The van der Waals surface area contributed by atoms with Gasteiger partial charge in [0.1, 0.15) is 12.4 Å². The van der Waals surface area contributed by atoms with Crippen molar-refractivity contribution in [2.24, 2.45) is 0 Å². The van der Waals surface area contributed by atoms with Crippen molar-refractivity contribution >= 4 is 21.4 Å². The molecule has 0 unspecified atom stereocenters. The molecule has 21 heavy (non-hydrogen) atoms. The van der Waals surface area contributed by atoms with Crippen LogP contribution in [0.25, 0.3) is 0 Å². The van der Waals surface area contributed by atoms with Gasteiger partial charge in [0.05, 0.1) is 4.90 Å². The Bertz CT molecular complexity index is 788. The SMILES string of the molecule is O=S(=O)(NCc1sccc1C#CCO)c1cccc(F)c1. The minimum atomic E-state index is -3.78. The number of benzene rings is 1. The van der Waals surface area contributed by atoms with Crippen LogP contribution >= 0.6 is 11.3 Å². The van der Waals surface area contributed by atoms with Crippen LogP contribution in [-0.2, 0) is 16.6 Å². The van der Waals surface area contributed by atoms with Gasteiger partial charge in [0, 0.05) is 17.0 Å². The molecule has 0 aliphatic heterocycles. The zero-order valence-corrected chi connectivity index (χ0v) is 12.5. The van der Waals surface area contributed by atoms with Gasteiger partial charge in [0.2, 0.25) is 10.0 Å². The monoisotopic (exact) mass is 325 g/mol. The average Bonchev–Trinajstić information content (AvgIpc) is 2.90. The van der Waals surface area contributed by atoms with Gasteiger partial charge in [-0.25, -0.2) is 17.5 Å². The van der Waals surface area contributed by atoms with E-state index >= 15 is 0 Å². The lowest BCUT2D eigenvalue weighted by Gasteiger charge is -2.06. The first-order valence-corrected chi connectivity index (χ1v) is 8.30. The van der Waals surface area contributed by atoms with Gasteiger partial charge in [-0.15, -0.1) is 11.3 Å². The van der Waals surface area contributed by atoms with Crippen LogP contribution in [0.4, 0.5) is 4.39 Å². The van der Waals surface area contributed by atoms with Crippen molar-refractivity contribution in [3.63, 3.8) is 0 Å². The fourth-order valence-corrected chi connectivity index (χ4v) is 3.49. The predicted molar refractivity (Wildman–Crippen MR) is 78.7 cm³/mol. The van der Waals surface area contributed by atoms with Gasteiger partial charge < -0.3 is 5.11 Å². The summed E-state index contributed by atoms with van der Waals surface area (Å²) in [7, 11) is -3.78. The Morgan fingerprint density at radius 2 is 2.14 bits per heavy atom. The zero-order valence-electron chi connectivity index (χ0n) is 10.8. The average molecular weight is 325 g/mol. The highest BCUT2D eigenvalue weighted by Gasteiger charge is 2.15. The van der Waals surface area contributed by atoms with Crippen molar-refractivity contribution in [3.05, 3.63) is 52.0 Å². The number of hydrogen-bond acceptors (Lipinski definition) is 4. The van der Waals surface area contributed by atoms with Crippen molar-refractivity contribution in [2.75, 3.05) is 6.61 Å². The van der Waals surface area contributed by atoms with E-state index in [1.165, 1.54) is 29.5 Å². The number of aliphatic hydroxyl groups is 1. The molecule has 0 bridgehead atoms. The van der Waals surface area contributed by atoms with Crippen molar-refractivity contribution in [1.29, 1.82) is 0 Å². The standard InChI is InChI=1S/C14H12FNO3S2/c15-12-4-1-5-13(9-12)21(18,19)16-10-14-11(3-2-7-17)6-8-20-14/h1,4-6,8-9,16-17H,7,10H2. The van der Waals surface area contributed by atoms with E-state index in [4.69, 9.17) is 5.11 Å². The van der Waals surface area contributed by atoms with Gasteiger partial charge in [-0.3, -0.25) is 0 Å². The Kier molecular flexibility index (Phi) is 5.09. The highest BCUT2D eigenvalue weighted by atomic mass is 32.2. The van der Waals surface area contributed by atoms with E-state index in [9.17, 15) is 12.8 Å². The molecule has 2 aromatic rings. The molecule has 0 saturated heterocycles. The molecule has 2 rings (SSSR count). The van der Waals surface area contributed by atoms with Crippen LogP contribution in [0.3, 0.4) is 0 Å². The van der Waals surface area contributed by atoms with Crippen LogP contribution in [0.2, 0.25) is 0 Å². The van der Waals surface area contributed by atoms with Crippen LogP contribution in [-0.4, -0.2) is 20.1 Å². The second-order valence-electron chi connectivity index (χ2n) is 4.00. The van der Waals surface area contributed by atoms with Gasteiger partial charge in [0.15, 0.2) is 0 Å². The maximum Gasteiger partial charge on any atom is 0.241 e. The van der Waals surface area contributed by atoms with Gasteiger partial charge in [-0.05, 0) is 29.6 Å². The zero-order chi connectivity index (χ0) is 15.3. The second kappa shape index (κ2) is 6.83. The first-order valence-electron chi connectivity index (χ1n) is 5.94. The van der Waals surface area contributed by atoms with E-state index < -0.39 is 15.8 Å². The quantitative estimate of drug-likeness (QED) is 0.841. The molecule has 0 spiro atoms. The fourth-order valence-electron chi connectivity index (χ4n) is 1.60. The molecule has 0 atom stereocenters. The van der Waals surface area contributed by atoms with Crippen LogP contribution in [0, 0.1) is 17.7 Å². The third-order valence-corrected chi connectivity index (χ3v) is 4.90. The summed E-state index contributed by atoms with van der Waals surface area (Å²) in [5.74, 6) is 4.65. The molecule has 2 N–H and O–H groups in total. The van der Waals surface area contributed by atoms with Crippen LogP contribution < -0.4 is 4.72 Å². The van der Waals surface area contributed by atoms with E-state index in [2.05, 4.69) is 16.6 Å². The maximum absolute atomic E-state index is 13.1. The largest absolute Gasteiger partial charge is 0.384 e. The van der Waals surface area contributed by atoms with Crippen molar-refractivity contribution in [1.82, 2.24) is 4.72 Å². The summed E-state index contributed by atoms with van der Waals surface area (Å²) in [6.07, 6.45) is 0. The Morgan fingerprint density at radius 1 is 1.33 bits per heavy atom. The number of sulfonamides is 1. The van der Waals surface area contributed by atoms with E-state index in [0.29, 0.717) is 5.56 Å². The molecule has 1 aromatic heterocycles. The topological polar surface area (TPSA) is 66.4 Å². The van der Waals surface area contributed by atoms with E-state index in [-0.39, 0.29) is 18.0 Å². The number of hydrogen-bond donors (Lipinski definition) is 2. The lowest BCUT2D eigenvalue weighted by molar-refractivity contribution is 0.350. The molecule has 1 aromatic carbocycles. The summed E-state index contributed by atoms with van der Waals surface area (Å²) in [5.41, 5.74) is 0.663. The molecule has 0 aliphatic carbocycles. The molecule has 7 heteroatoms. The number of nitrogens with one attached hydrogen (secondary N) is 1. The molecule has 1 heterocycles. The molecular weight excluding hydrogens is 313 g/mol. The Labute approximate surface area is 126 Å². The molecule has 4 nitrogen and oxygen atoms in total. The number of rotatable bonds is 4. The van der Waals surface area contributed by atoms with Crippen LogP contribution in [0.5, 0.6) is 0 Å². The van der Waals surface area contributed by atoms with E-state index in [1.54, 1.807) is 11.4 Å². The van der Waals surface area contributed by atoms with Crippen molar-refractivity contribution < 1.29 is 17.9 Å². The van der Waals surface area contributed by atoms with Gasteiger partial charge in [-0.1, -0.05) is 17.9 Å². The molecule has 0 radical (unpaired) electrons. The Hall–Kier alpha value is -1.72. The van der Waals surface area contributed by atoms with Gasteiger partial charge in [-0.2, -0.15) is 0 Å². The van der Waals surface area contributed by atoms with Gasteiger partial charge in [0.25, 0.3) is 0 Å². The fraction of sp³-hybridized carbons (Fsp3) is 0.143. The summed E-state index contributed by atoms with van der Waals surface area (Å²) in [6, 6.07) is 6.56. The first-order chi connectivity index (χ1) is 10.0. The van der Waals surface area contributed by atoms with Gasteiger partial charge >= 0.3 is 0 Å². The summed E-state index contributed by atoms with van der Waals surface area (Å²) < 4.78 is 39.6. The molecule has 0 fully saturated rings.